The third kappa shape index (κ3) is 4.48. The van der Waals surface area contributed by atoms with Gasteiger partial charge in [0.1, 0.15) is 15.7 Å². The van der Waals surface area contributed by atoms with Gasteiger partial charge < -0.3 is 9.47 Å². The summed E-state index contributed by atoms with van der Waals surface area (Å²) >= 11 is 7.21. The zero-order chi connectivity index (χ0) is 19.5. The molecule has 1 aromatic carbocycles. The van der Waals surface area contributed by atoms with Gasteiger partial charge in [-0.15, -0.1) is 11.3 Å². The Morgan fingerprint density at radius 1 is 1.31 bits per heavy atom. The average molecular weight is 414 g/mol. The standard InChI is InChI=1S/C18H20ClNO4S2/c1-11(16(24-5)8-12(2)23-4)10-20-26(21,22)18-13(3)15-9-14(19)6-7-17(15)25-18/h6-9,20H,1-2,10H2,3-5H3/b16-8+. The molecule has 0 fully saturated rings. The van der Waals surface area contributed by atoms with Crippen molar-refractivity contribution >= 4 is 43.0 Å². The van der Waals surface area contributed by atoms with Crippen molar-refractivity contribution in [3.05, 3.63) is 65.1 Å². The Morgan fingerprint density at radius 2 is 2.00 bits per heavy atom. The summed E-state index contributed by atoms with van der Waals surface area (Å²) < 4.78 is 39.3. The van der Waals surface area contributed by atoms with E-state index in [9.17, 15) is 8.42 Å². The number of hydrogen-bond acceptors (Lipinski definition) is 5. The maximum absolute atomic E-state index is 12.7. The van der Waals surface area contributed by atoms with Gasteiger partial charge in [-0.05, 0) is 36.1 Å². The maximum Gasteiger partial charge on any atom is 0.250 e. The first-order chi connectivity index (χ1) is 12.2. The summed E-state index contributed by atoms with van der Waals surface area (Å²) in [6, 6.07) is 5.32. The van der Waals surface area contributed by atoms with Crippen molar-refractivity contribution in [2.24, 2.45) is 0 Å². The van der Waals surface area contributed by atoms with E-state index in [1.165, 1.54) is 25.6 Å². The highest BCUT2D eigenvalue weighted by Crippen LogP contribution is 2.35. The molecule has 0 radical (unpaired) electrons. The minimum atomic E-state index is -3.71. The number of halogens is 1. The molecule has 26 heavy (non-hydrogen) atoms. The predicted molar refractivity (Wildman–Crippen MR) is 107 cm³/mol. The van der Waals surface area contributed by atoms with E-state index in [1.54, 1.807) is 25.1 Å². The first-order valence-corrected chi connectivity index (χ1v) is 10.2. The number of aryl methyl sites for hydroxylation is 1. The summed E-state index contributed by atoms with van der Waals surface area (Å²) in [6.45, 7) is 9.29. The van der Waals surface area contributed by atoms with Crippen molar-refractivity contribution in [1.29, 1.82) is 0 Å². The molecule has 0 spiro atoms. The molecular weight excluding hydrogens is 394 g/mol. The van der Waals surface area contributed by atoms with Crippen molar-refractivity contribution in [3.63, 3.8) is 0 Å². The number of nitrogens with one attached hydrogen (secondary N) is 1. The molecule has 0 saturated heterocycles. The lowest BCUT2D eigenvalue weighted by atomic mass is 10.2. The van der Waals surface area contributed by atoms with Crippen LogP contribution in [0.15, 0.2) is 58.7 Å². The zero-order valence-electron chi connectivity index (χ0n) is 14.8. The van der Waals surface area contributed by atoms with Crippen molar-refractivity contribution in [1.82, 2.24) is 4.72 Å². The van der Waals surface area contributed by atoms with Crippen LogP contribution in [0.1, 0.15) is 5.56 Å². The predicted octanol–water partition coefficient (Wildman–Crippen LogP) is 4.39. The third-order valence-electron chi connectivity index (χ3n) is 3.70. The molecule has 1 N–H and O–H groups in total. The molecule has 0 aliphatic rings. The summed E-state index contributed by atoms with van der Waals surface area (Å²) in [5.41, 5.74) is 1.12. The minimum Gasteiger partial charge on any atom is -0.497 e. The molecule has 2 aromatic rings. The van der Waals surface area contributed by atoms with E-state index in [0.29, 0.717) is 27.7 Å². The fourth-order valence-electron chi connectivity index (χ4n) is 2.27. The van der Waals surface area contributed by atoms with E-state index in [4.69, 9.17) is 21.1 Å². The molecule has 140 valence electrons. The summed E-state index contributed by atoms with van der Waals surface area (Å²) in [5, 5.41) is 1.40. The highest BCUT2D eigenvalue weighted by atomic mass is 35.5. The number of sulfonamides is 1. The summed E-state index contributed by atoms with van der Waals surface area (Å²) in [4.78, 5) is 0. The fraction of sp³-hybridized carbons (Fsp3) is 0.222. The van der Waals surface area contributed by atoms with Crippen molar-refractivity contribution in [2.75, 3.05) is 20.8 Å². The second-order valence-corrected chi connectivity index (χ2v) is 8.92. The normalized spacial score (nSPS) is 12.2. The Morgan fingerprint density at radius 3 is 2.62 bits per heavy atom. The third-order valence-corrected chi connectivity index (χ3v) is 7.23. The van der Waals surface area contributed by atoms with Gasteiger partial charge in [0.2, 0.25) is 0 Å². The number of rotatable bonds is 8. The summed E-state index contributed by atoms with van der Waals surface area (Å²) in [6.07, 6.45) is 1.54. The van der Waals surface area contributed by atoms with Gasteiger partial charge in [-0.2, -0.15) is 0 Å². The van der Waals surface area contributed by atoms with Gasteiger partial charge in [0.05, 0.1) is 14.2 Å². The van der Waals surface area contributed by atoms with E-state index in [-0.39, 0.29) is 10.8 Å². The molecule has 1 aromatic heterocycles. The van der Waals surface area contributed by atoms with Crippen LogP contribution in [0.2, 0.25) is 5.02 Å². The Balaban J connectivity index is 2.24. The molecule has 0 aliphatic heterocycles. The fourth-order valence-corrected chi connectivity index (χ4v) is 5.26. The Labute approximate surface area is 162 Å². The Bertz CT molecular complexity index is 990. The number of methoxy groups -OCH3 is 2. The van der Waals surface area contributed by atoms with Gasteiger partial charge in [-0.25, -0.2) is 13.1 Å². The average Bonchev–Trinajstić information content (AvgIpc) is 2.94. The van der Waals surface area contributed by atoms with E-state index in [0.717, 1.165) is 10.1 Å². The van der Waals surface area contributed by atoms with Crippen molar-refractivity contribution in [3.8, 4) is 0 Å². The van der Waals surface area contributed by atoms with Gasteiger partial charge >= 0.3 is 0 Å². The van der Waals surface area contributed by atoms with Crippen LogP contribution in [-0.4, -0.2) is 29.2 Å². The molecule has 0 bridgehead atoms. The summed E-state index contributed by atoms with van der Waals surface area (Å²) in [7, 11) is -0.762. The second-order valence-electron chi connectivity index (χ2n) is 5.47. The lowest BCUT2D eigenvalue weighted by molar-refractivity contribution is 0.282. The molecule has 0 amide bonds. The second kappa shape index (κ2) is 8.26. The van der Waals surface area contributed by atoms with Crippen LogP contribution in [-0.2, 0) is 19.5 Å². The smallest absolute Gasteiger partial charge is 0.250 e. The van der Waals surface area contributed by atoms with Gasteiger partial charge in [-0.1, -0.05) is 24.8 Å². The molecule has 1 heterocycles. The number of hydrogen-bond donors (Lipinski definition) is 1. The first kappa shape index (κ1) is 20.5. The zero-order valence-corrected chi connectivity index (χ0v) is 17.1. The van der Waals surface area contributed by atoms with Crippen LogP contribution in [0.3, 0.4) is 0 Å². The van der Waals surface area contributed by atoms with Gasteiger partial charge in [-0.3, -0.25) is 0 Å². The molecule has 2 rings (SSSR count). The molecule has 0 saturated carbocycles. The number of fused-ring (bicyclic) bond motifs is 1. The molecule has 0 unspecified atom stereocenters. The highest BCUT2D eigenvalue weighted by Gasteiger charge is 2.22. The van der Waals surface area contributed by atoms with E-state index >= 15 is 0 Å². The minimum absolute atomic E-state index is 0.00651. The van der Waals surface area contributed by atoms with Crippen molar-refractivity contribution < 1.29 is 17.9 Å². The Kier molecular flexibility index (Phi) is 6.52. The molecule has 5 nitrogen and oxygen atoms in total. The lowest BCUT2D eigenvalue weighted by Crippen LogP contribution is -2.26. The van der Waals surface area contributed by atoms with Crippen LogP contribution >= 0.6 is 22.9 Å². The topological polar surface area (TPSA) is 64.6 Å². The highest BCUT2D eigenvalue weighted by molar-refractivity contribution is 7.91. The number of thiophene rings is 1. The van der Waals surface area contributed by atoms with E-state index in [1.807, 2.05) is 6.07 Å². The monoisotopic (exact) mass is 413 g/mol. The summed E-state index contributed by atoms with van der Waals surface area (Å²) in [5.74, 6) is 0.766. The molecule has 8 heteroatoms. The Hall–Kier alpha value is -1.80. The molecular formula is C18H20ClNO4S2. The van der Waals surface area contributed by atoms with Gasteiger partial charge in [0.15, 0.2) is 0 Å². The number of allylic oxidation sites excluding steroid dienone is 1. The quantitative estimate of drug-likeness (QED) is 0.515. The van der Waals surface area contributed by atoms with Gasteiger partial charge in [0, 0.05) is 27.9 Å². The van der Waals surface area contributed by atoms with E-state index in [2.05, 4.69) is 17.9 Å². The van der Waals surface area contributed by atoms with Crippen LogP contribution < -0.4 is 4.72 Å². The van der Waals surface area contributed by atoms with E-state index < -0.39 is 10.0 Å². The molecule has 0 aliphatic carbocycles. The van der Waals surface area contributed by atoms with Crippen LogP contribution in [0.5, 0.6) is 0 Å². The van der Waals surface area contributed by atoms with Crippen molar-refractivity contribution in [2.45, 2.75) is 11.1 Å². The van der Waals surface area contributed by atoms with Crippen LogP contribution in [0.4, 0.5) is 0 Å². The first-order valence-electron chi connectivity index (χ1n) is 7.54. The SMILES string of the molecule is C=C(/C=C(/OC)C(=C)CNS(=O)(=O)c1sc2ccc(Cl)cc2c1C)OC. The largest absolute Gasteiger partial charge is 0.497 e. The van der Waals surface area contributed by atoms with Gasteiger partial charge in [0.25, 0.3) is 10.0 Å². The number of benzene rings is 1. The van der Waals surface area contributed by atoms with Crippen LogP contribution in [0, 0.1) is 6.92 Å². The molecule has 0 atom stereocenters. The van der Waals surface area contributed by atoms with Crippen LogP contribution in [0.25, 0.3) is 10.1 Å². The number of ether oxygens (including phenoxy) is 2. The maximum atomic E-state index is 12.7. The lowest BCUT2D eigenvalue weighted by Gasteiger charge is -2.12.